The summed E-state index contributed by atoms with van der Waals surface area (Å²) < 4.78 is 27.2. The average Bonchev–Trinajstić information content (AvgIpc) is 2.14. The van der Waals surface area contributed by atoms with Crippen LogP contribution in [0.1, 0.15) is 0 Å². The SMILES string of the molecule is Fc1cc(F)c2nccc(Br)c2c1Br. The van der Waals surface area contributed by atoms with E-state index in [1.807, 2.05) is 0 Å². The second kappa shape index (κ2) is 3.55. The maximum atomic E-state index is 13.3. The molecule has 0 fully saturated rings. The maximum Gasteiger partial charge on any atom is 0.152 e. The van der Waals surface area contributed by atoms with Gasteiger partial charge in [0.2, 0.25) is 0 Å². The molecule has 0 N–H and O–H groups in total. The van der Waals surface area contributed by atoms with Crippen molar-refractivity contribution in [3.63, 3.8) is 0 Å². The van der Waals surface area contributed by atoms with Gasteiger partial charge < -0.3 is 0 Å². The highest BCUT2D eigenvalue weighted by Crippen LogP contribution is 2.32. The number of rotatable bonds is 0. The predicted octanol–water partition coefficient (Wildman–Crippen LogP) is 4.04. The van der Waals surface area contributed by atoms with E-state index in [1.165, 1.54) is 6.20 Å². The molecule has 2 rings (SSSR count). The summed E-state index contributed by atoms with van der Waals surface area (Å²) in [4.78, 5) is 3.84. The molecular formula is C9H3Br2F2N. The Bertz CT molecular complexity index is 514. The van der Waals surface area contributed by atoms with Crippen molar-refractivity contribution in [3.05, 3.63) is 38.9 Å². The standard InChI is InChI=1S/C9H3Br2F2N/c10-4-1-2-14-9-6(13)3-5(12)8(11)7(4)9/h1-3H. The van der Waals surface area contributed by atoms with Crippen LogP contribution in [0.5, 0.6) is 0 Å². The Morgan fingerprint density at radius 1 is 1.14 bits per heavy atom. The van der Waals surface area contributed by atoms with E-state index in [2.05, 4.69) is 36.8 Å². The van der Waals surface area contributed by atoms with Crippen molar-refractivity contribution in [2.24, 2.45) is 0 Å². The van der Waals surface area contributed by atoms with E-state index >= 15 is 0 Å². The van der Waals surface area contributed by atoms with Gasteiger partial charge in [-0.05, 0) is 37.9 Å². The summed E-state index contributed by atoms with van der Waals surface area (Å²) in [6, 6.07) is 2.44. The molecule has 0 atom stereocenters. The lowest BCUT2D eigenvalue weighted by molar-refractivity contribution is 0.586. The molecule has 0 aliphatic heterocycles. The lowest BCUT2D eigenvalue weighted by Crippen LogP contribution is -1.90. The van der Waals surface area contributed by atoms with Crippen LogP contribution in [-0.4, -0.2) is 4.98 Å². The number of pyridine rings is 1. The van der Waals surface area contributed by atoms with Crippen molar-refractivity contribution in [3.8, 4) is 0 Å². The normalized spacial score (nSPS) is 10.9. The van der Waals surface area contributed by atoms with E-state index in [0.29, 0.717) is 9.86 Å². The van der Waals surface area contributed by atoms with Gasteiger partial charge in [-0.2, -0.15) is 0 Å². The van der Waals surface area contributed by atoms with E-state index in [1.54, 1.807) is 6.07 Å². The fraction of sp³-hybridized carbons (Fsp3) is 0. The lowest BCUT2D eigenvalue weighted by Gasteiger charge is -2.04. The highest BCUT2D eigenvalue weighted by atomic mass is 79.9. The number of nitrogens with zero attached hydrogens (tertiary/aromatic N) is 1. The molecule has 1 aromatic heterocycles. The fourth-order valence-corrected chi connectivity index (χ4v) is 2.48. The third-order valence-electron chi connectivity index (χ3n) is 1.81. The van der Waals surface area contributed by atoms with Crippen LogP contribution in [0.15, 0.2) is 27.3 Å². The van der Waals surface area contributed by atoms with Crippen molar-refractivity contribution in [2.45, 2.75) is 0 Å². The predicted molar refractivity (Wildman–Crippen MR) is 57.1 cm³/mol. The number of fused-ring (bicyclic) bond motifs is 1. The van der Waals surface area contributed by atoms with Crippen LogP contribution in [0.25, 0.3) is 10.9 Å². The van der Waals surface area contributed by atoms with Crippen LogP contribution in [-0.2, 0) is 0 Å². The van der Waals surface area contributed by atoms with Gasteiger partial charge in [-0.15, -0.1) is 0 Å². The van der Waals surface area contributed by atoms with E-state index in [-0.39, 0.29) is 9.99 Å². The lowest BCUT2D eigenvalue weighted by atomic mass is 10.2. The molecule has 1 heterocycles. The van der Waals surface area contributed by atoms with E-state index in [0.717, 1.165) is 6.07 Å². The summed E-state index contributed by atoms with van der Waals surface area (Å²) in [5, 5.41) is 0.407. The largest absolute Gasteiger partial charge is 0.253 e. The molecule has 0 amide bonds. The minimum absolute atomic E-state index is 0.146. The first-order chi connectivity index (χ1) is 6.61. The number of hydrogen-bond donors (Lipinski definition) is 0. The van der Waals surface area contributed by atoms with Crippen molar-refractivity contribution in [2.75, 3.05) is 0 Å². The summed E-state index contributed by atoms with van der Waals surface area (Å²) in [6.45, 7) is 0. The third-order valence-corrected chi connectivity index (χ3v) is 3.25. The Hall–Kier alpha value is -0.550. The molecule has 0 spiro atoms. The molecule has 14 heavy (non-hydrogen) atoms. The van der Waals surface area contributed by atoms with Crippen molar-refractivity contribution in [1.29, 1.82) is 0 Å². The summed E-state index contributed by atoms with van der Waals surface area (Å²) in [7, 11) is 0. The van der Waals surface area contributed by atoms with Crippen LogP contribution in [0.4, 0.5) is 8.78 Å². The Morgan fingerprint density at radius 3 is 2.57 bits per heavy atom. The maximum absolute atomic E-state index is 13.3. The first-order valence-corrected chi connectivity index (χ1v) is 5.27. The summed E-state index contributed by atoms with van der Waals surface area (Å²) in [5.74, 6) is -1.30. The van der Waals surface area contributed by atoms with Gasteiger partial charge >= 0.3 is 0 Å². The first kappa shape index (κ1) is 9.98. The Labute approximate surface area is 95.4 Å². The van der Waals surface area contributed by atoms with E-state index in [9.17, 15) is 8.78 Å². The third kappa shape index (κ3) is 1.44. The first-order valence-electron chi connectivity index (χ1n) is 3.69. The highest BCUT2D eigenvalue weighted by molar-refractivity contribution is 9.11. The van der Waals surface area contributed by atoms with Crippen molar-refractivity contribution in [1.82, 2.24) is 4.98 Å². The zero-order valence-corrected chi connectivity index (χ0v) is 9.86. The molecular weight excluding hydrogens is 320 g/mol. The van der Waals surface area contributed by atoms with Crippen LogP contribution in [0.3, 0.4) is 0 Å². The Kier molecular flexibility index (Phi) is 2.53. The van der Waals surface area contributed by atoms with Crippen LogP contribution in [0.2, 0.25) is 0 Å². The number of hydrogen-bond acceptors (Lipinski definition) is 1. The van der Waals surface area contributed by atoms with Crippen LogP contribution < -0.4 is 0 Å². The monoisotopic (exact) mass is 321 g/mol. The van der Waals surface area contributed by atoms with Gasteiger partial charge in [0, 0.05) is 22.1 Å². The molecule has 5 heteroatoms. The van der Waals surface area contributed by atoms with Gasteiger partial charge in [0.15, 0.2) is 5.82 Å². The van der Waals surface area contributed by atoms with Crippen molar-refractivity contribution < 1.29 is 8.78 Å². The van der Waals surface area contributed by atoms with Crippen molar-refractivity contribution >= 4 is 42.8 Å². The molecule has 0 radical (unpaired) electrons. The minimum Gasteiger partial charge on any atom is -0.253 e. The highest BCUT2D eigenvalue weighted by Gasteiger charge is 2.13. The average molecular weight is 323 g/mol. The Morgan fingerprint density at radius 2 is 1.86 bits per heavy atom. The van der Waals surface area contributed by atoms with Gasteiger partial charge in [0.25, 0.3) is 0 Å². The number of benzene rings is 1. The van der Waals surface area contributed by atoms with Gasteiger partial charge in [0.05, 0.1) is 4.47 Å². The quantitative estimate of drug-likeness (QED) is 0.667. The molecule has 0 unspecified atom stereocenters. The molecule has 0 aliphatic carbocycles. The van der Waals surface area contributed by atoms with E-state index in [4.69, 9.17) is 0 Å². The fourth-order valence-electron chi connectivity index (χ4n) is 1.19. The molecule has 0 bridgehead atoms. The summed E-state index contributed by atoms with van der Waals surface area (Å²) in [5.41, 5.74) is 0.146. The molecule has 1 nitrogen and oxygen atoms in total. The number of aromatic nitrogens is 1. The molecule has 2 aromatic rings. The molecule has 1 aromatic carbocycles. The van der Waals surface area contributed by atoms with Gasteiger partial charge in [-0.25, -0.2) is 8.78 Å². The summed E-state index contributed by atoms with van der Waals surface area (Å²) in [6.07, 6.45) is 1.46. The second-order valence-electron chi connectivity index (χ2n) is 2.67. The zero-order chi connectivity index (χ0) is 10.3. The summed E-state index contributed by atoms with van der Waals surface area (Å²) >= 11 is 6.27. The van der Waals surface area contributed by atoms with Gasteiger partial charge in [-0.3, -0.25) is 4.98 Å². The van der Waals surface area contributed by atoms with Gasteiger partial charge in [-0.1, -0.05) is 0 Å². The van der Waals surface area contributed by atoms with Crippen LogP contribution in [0, 0.1) is 11.6 Å². The van der Waals surface area contributed by atoms with Gasteiger partial charge in [0.1, 0.15) is 11.3 Å². The zero-order valence-electron chi connectivity index (χ0n) is 6.69. The smallest absolute Gasteiger partial charge is 0.152 e. The molecule has 0 saturated heterocycles. The van der Waals surface area contributed by atoms with Crippen LogP contribution >= 0.6 is 31.9 Å². The molecule has 0 saturated carbocycles. The molecule has 72 valence electrons. The second-order valence-corrected chi connectivity index (χ2v) is 4.32. The topological polar surface area (TPSA) is 12.9 Å². The number of halogens is 4. The molecule has 0 aliphatic rings. The minimum atomic E-state index is -0.665. The van der Waals surface area contributed by atoms with E-state index < -0.39 is 11.6 Å². The Balaban J connectivity index is 3.03.